The molecule has 0 radical (unpaired) electrons. The Morgan fingerprint density at radius 2 is 1.92 bits per heavy atom. The van der Waals surface area contributed by atoms with Crippen molar-refractivity contribution in [3.05, 3.63) is 60.9 Å². The zero-order valence-electron chi connectivity index (χ0n) is 19.4. The van der Waals surface area contributed by atoms with E-state index in [-0.39, 0.29) is 11.9 Å². The average molecular weight is 501 g/mol. The molecule has 0 aliphatic carbocycles. The van der Waals surface area contributed by atoms with Crippen LogP contribution in [0, 0.1) is 0 Å². The lowest BCUT2D eigenvalue weighted by atomic mass is 9.97. The zero-order chi connectivity index (χ0) is 24.7. The van der Waals surface area contributed by atoms with Gasteiger partial charge in [0.15, 0.2) is 5.65 Å². The lowest BCUT2D eigenvalue weighted by molar-refractivity contribution is -0.123. The summed E-state index contributed by atoms with van der Waals surface area (Å²) in [6.45, 7) is 1.64. The Hall–Kier alpha value is -3.89. The summed E-state index contributed by atoms with van der Waals surface area (Å²) in [5.74, 6) is 1.73. The van der Waals surface area contributed by atoms with Gasteiger partial charge in [0.05, 0.1) is 35.5 Å². The van der Waals surface area contributed by atoms with Gasteiger partial charge in [-0.25, -0.2) is 14.6 Å². The minimum atomic E-state index is -0.397. The zero-order valence-corrected chi connectivity index (χ0v) is 20.2. The molecule has 2 aliphatic rings. The molecular weight excluding hydrogens is 476 g/mol. The van der Waals surface area contributed by atoms with Crippen LogP contribution in [0.25, 0.3) is 22.3 Å². The number of carbonyl (C=O) groups excluding carboxylic acids is 1. The number of amides is 1. The van der Waals surface area contributed by atoms with Gasteiger partial charge in [-0.15, -0.1) is 0 Å². The average Bonchev–Trinajstić information content (AvgIpc) is 3.63. The summed E-state index contributed by atoms with van der Waals surface area (Å²) < 4.78 is 14.1. The van der Waals surface area contributed by atoms with Crippen LogP contribution < -0.4 is 10.5 Å². The van der Waals surface area contributed by atoms with E-state index < -0.39 is 5.60 Å². The summed E-state index contributed by atoms with van der Waals surface area (Å²) in [7, 11) is 0. The number of aromatic nitrogens is 4. The fraction of sp³-hybridized carbons (Fsp3) is 0.269. The Labute approximate surface area is 212 Å². The van der Waals surface area contributed by atoms with Crippen LogP contribution in [0.1, 0.15) is 18.9 Å². The molecule has 6 rings (SSSR count). The lowest BCUT2D eigenvalue weighted by Gasteiger charge is -2.22. The third-order valence-electron chi connectivity index (χ3n) is 6.89. The molecule has 2 unspecified atom stereocenters. The summed E-state index contributed by atoms with van der Waals surface area (Å²) >= 11 is 4.82. The Bertz CT molecular complexity index is 1440. The molecule has 4 aromatic rings. The predicted octanol–water partition coefficient (Wildman–Crippen LogP) is 3.80. The molecule has 4 heterocycles. The molecule has 10 heteroatoms. The maximum absolute atomic E-state index is 12.1. The third kappa shape index (κ3) is 3.98. The van der Waals surface area contributed by atoms with E-state index in [1.54, 1.807) is 4.90 Å². The number of nitrogens with two attached hydrogens (primary N) is 1. The quantitative estimate of drug-likeness (QED) is 0.412. The fourth-order valence-corrected chi connectivity index (χ4v) is 5.28. The van der Waals surface area contributed by atoms with Crippen LogP contribution in [0.2, 0.25) is 0 Å². The van der Waals surface area contributed by atoms with Crippen LogP contribution in [0.4, 0.5) is 5.82 Å². The largest absolute Gasteiger partial charge is 0.457 e. The highest BCUT2D eigenvalue weighted by atomic mass is 32.1. The molecule has 2 aliphatic heterocycles. The lowest BCUT2D eigenvalue weighted by Crippen LogP contribution is -2.36. The minimum Gasteiger partial charge on any atom is -0.457 e. The number of nitrogens with zero attached hydrogens (tertiary/aromatic N) is 5. The van der Waals surface area contributed by atoms with Crippen LogP contribution in [0.5, 0.6) is 11.5 Å². The van der Waals surface area contributed by atoms with Crippen molar-refractivity contribution in [1.29, 1.82) is 0 Å². The van der Waals surface area contributed by atoms with Crippen LogP contribution >= 0.6 is 12.2 Å². The van der Waals surface area contributed by atoms with Crippen molar-refractivity contribution in [3.63, 3.8) is 0 Å². The second-order valence-electron chi connectivity index (χ2n) is 9.17. The van der Waals surface area contributed by atoms with Crippen LogP contribution in [-0.2, 0) is 9.53 Å². The first-order valence-electron chi connectivity index (χ1n) is 11.8. The molecule has 0 bridgehead atoms. The van der Waals surface area contributed by atoms with Crippen molar-refractivity contribution in [3.8, 4) is 22.8 Å². The number of ether oxygens (including phenoxy) is 2. The van der Waals surface area contributed by atoms with Crippen LogP contribution in [-0.4, -0.2) is 61.2 Å². The number of hydrogen-bond donors (Lipinski definition) is 1. The number of fused-ring (bicyclic) bond motifs is 1. The van der Waals surface area contributed by atoms with Gasteiger partial charge >= 0.3 is 0 Å². The summed E-state index contributed by atoms with van der Waals surface area (Å²) in [6.07, 6.45) is 2.94. The second kappa shape index (κ2) is 8.96. The van der Waals surface area contributed by atoms with Crippen LogP contribution in [0.3, 0.4) is 0 Å². The first-order valence-corrected chi connectivity index (χ1v) is 12.2. The normalized spacial score (nSPS) is 21.3. The number of thiocarbonyl (C=S) groups is 1. The summed E-state index contributed by atoms with van der Waals surface area (Å²) in [6, 6.07) is 17.3. The molecule has 2 fully saturated rings. The number of anilines is 1. The van der Waals surface area contributed by atoms with E-state index in [2.05, 4.69) is 9.97 Å². The summed E-state index contributed by atoms with van der Waals surface area (Å²) in [5, 5.41) is 6.85. The van der Waals surface area contributed by atoms with Gasteiger partial charge in [0, 0.05) is 18.5 Å². The first kappa shape index (κ1) is 22.6. The molecule has 2 atom stereocenters. The van der Waals surface area contributed by atoms with Crippen molar-refractivity contribution < 1.29 is 14.3 Å². The maximum atomic E-state index is 12.1. The number of benzene rings is 2. The van der Waals surface area contributed by atoms with Gasteiger partial charge in [0.1, 0.15) is 29.3 Å². The van der Waals surface area contributed by atoms with Crippen molar-refractivity contribution >= 4 is 40.3 Å². The van der Waals surface area contributed by atoms with Crippen molar-refractivity contribution in [1.82, 2.24) is 24.6 Å². The smallest absolute Gasteiger partial charge is 0.257 e. The Kier molecular flexibility index (Phi) is 5.62. The van der Waals surface area contributed by atoms with E-state index in [4.69, 9.17) is 32.5 Å². The molecular formula is C26H24N6O3S. The maximum Gasteiger partial charge on any atom is 0.257 e. The summed E-state index contributed by atoms with van der Waals surface area (Å²) in [4.78, 5) is 22.5. The Morgan fingerprint density at radius 3 is 2.69 bits per heavy atom. The number of rotatable bonds is 5. The summed E-state index contributed by atoms with van der Waals surface area (Å²) in [5.41, 5.74) is 8.16. The number of carbonyl (C=O) groups is 1. The Balaban J connectivity index is 1.30. The SMILES string of the molecule is Nc1ncnc2c1c(-c1ccc(Oc3ccccc3)cc1)nn2C1COC2(CCN(C(=O)C=S)C2)C1. The van der Waals surface area contributed by atoms with Crippen molar-refractivity contribution in [2.45, 2.75) is 24.5 Å². The van der Waals surface area contributed by atoms with E-state index in [1.165, 1.54) is 11.7 Å². The van der Waals surface area contributed by atoms with Gasteiger partial charge in [-0.2, -0.15) is 5.10 Å². The number of para-hydroxylation sites is 1. The number of hydrogen-bond acceptors (Lipinski definition) is 8. The van der Waals surface area contributed by atoms with Crippen molar-refractivity contribution in [2.75, 3.05) is 25.4 Å². The van der Waals surface area contributed by atoms with Gasteiger partial charge in [0.25, 0.3) is 5.91 Å². The molecule has 2 aromatic heterocycles. The van der Waals surface area contributed by atoms with Crippen molar-refractivity contribution in [2.24, 2.45) is 0 Å². The number of nitrogen functional groups attached to an aromatic ring is 1. The molecule has 182 valence electrons. The van der Waals surface area contributed by atoms with Gasteiger partial charge in [0.2, 0.25) is 0 Å². The highest BCUT2D eigenvalue weighted by Crippen LogP contribution is 2.42. The van der Waals surface area contributed by atoms with E-state index in [9.17, 15) is 4.79 Å². The van der Waals surface area contributed by atoms with Gasteiger partial charge in [-0.3, -0.25) is 4.79 Å². The number of likely N-dealkylation sites (tertiary alicyclic amines) is 1. The Morgan fingerprint density at radius 1 is 1.14 bits per heavy atom. The minimum absolute atomic E-state index is 0.0428. The van der Waals surface area contributed by atoms with E-state index in [1.807, 2.05) is 59.3 Å². The standard InChI is InChI=1S/C26H24N6O3S/c27-24-22-23(17-6-8-20(9-7-17)35-19-4-2-1-3-5-19)30-32(25(22)29-16-28-24)18-12-26(34-13-18)10-11-31(15-26)21(33)14-36/h1-9,14,16,18H,10-13,15H2,(H2,27,28,29). The van der Waals surface area contributed by atoms with E-state index >= 15 is 0 Å². The van der Waals surface area contributed by atoms with Gasteiger partial charge in [-0.1, -0.05) is 30.4 Å². The molecule has 2 N–H and O–H groups in total. The molecule has 2 aromatic carbocycles. The molecule has 36 heavy (non-hydrogen) atoms. The molecule has 1 amide bonds. The van der Waals surface area contributed by atoms with E-state index in [0.29, 0.717) is 42.2 Å². The molecule has 2 saturated heterocycles. The van der Waals surface area contributed by atoms with E-state index in [0.717, 1.165) is 29.9 Å². The fourth-order valence-electron chi connectivity index (χ4n) is 5.13. The highest BCUT2D eigenvalue weighted by Gasteiger charge is 2.47. The van der Waals surface area contributed by atoms with Crippen LogP contribution in [0.15, 0.2) is 60.9 Å². The third-order valence-corrected chi connectivity index (χ3v) is 7.09. The second-order valence-corrected chi connectivity index (χ2v) is 9.41. The van der Waals surface area contributed by atoms with Gasteiger partial charge in [-0.05, 0) is 42.8 Å². The molecule has 1 spiro atoms. The topological polar surface area (TPSA) is 108 Å². The highest BCUT2D eigenvalue weighted by molar-refractivity contribution is 7.80. The van der Waals surface area contributed by atoms with Gasteiger partial charge < -0.3 is 20.1 Å². The monoisotopic (exact) mass is 500 g/mol. The molecule has 9 nitrogen and oxygen atoms in total. The predicted molar refractivity (Wildman–Crippen MR) is 139 cm³/mol. The molecule has 0 saturated carbocycles. The first-order chi connectivity index (χ1) is 17.5.